The van der Waals surface area contributed by atoms with Crippen molar-refractivity contribution >= 4 is 15.9 Å². The molecule has 0 fully saturated rings. The van der Waals surface area contributed by atoms with Crippen molar-refractivity contribution < 1.29 is 0 Å². The molecule has 1 aromatic carbocycles. The third-order valence-electron chi connectivity index (χ3n) is 3.80. The van der Waals surface area contributed by atoms with E-state index in [0.717, 1.165) is 31.9 Å². The van der Waals surface area contributed by atoms with Gasteiger partial charge in [0.05, 0.1) is 6.54 Å². The summed E-state index contributed by atoms with van der Waals surface area (Å²) >= 11 is 3.67. The Labute approximate surface area is 127 Å². The van der Waals surface area contributed by atoms with E-state index in [1.54, 1.807) is 6.33 Å². The van der Waals surface area contributed by atoms with E-state index in [1.165, 1.54) is 15.6 Å². The smallest absolute Gasteiger partial charge is 0.141 e. The van der Waals surface area contributed by atoms with Gasteiger partial charge in [0.25, 0.3) is 0 Å². The first-order chi connectivity index (χ1) is 9.65. The summed E-state index contributed by atoms with van der Waals surface area (Å²) in [6.07, 6.45) is 2.76. The Morgan fingerprint density at radius 2 is 2.20 bits per heavy atom. The van der Waals surface area contributed by atoms with Crippen LogP contribution >= 0.6 is 15.9 Å². The summed E-state index contributed by atoms with van der Waals surface area (Å²) in [4.78, 5) is 6.85. The molecule has 5 heteroatoms. The summed E-state index contributed by atoms with van der Waals surface area (Å²) < 4.78 is 3.22. The number of hydrogen-bond donors (Lipinski definition) is 0. The summed E-state index contributed by atoms with van der Waals surface area (Å²) in [7, 11) is 0. The lowest BCUT2D eigenvalue weighted by atomic mass is 10.00. The van der Waals surface area contributed by atoms with E-state index < -0.39 is 0 Å². The molecule has 1 aromatic heterocycles. The zero-order valence-electron chi connectivity index (χ0n) is 11.9. The van der Waals surface area contributed by atoms with Crippen molar-refractivity contribution in [1.82, 2.24) is 19.7 Å². The Bertz CT molecular complexity index is 606. The van der Waals surface area contributed by atoms with Crippen LogP contribution in [0.1, 0.15) is 36.8 Å². The second kappa shape index (κ2) is 5.66. The van der Waals surface area contributed by atoms with E-state index >= 15 is 0 Å². The molecular weight excluding hydrogens is 316 g/mol. The number of rotatable bonds is 3. The van der Waals surface area contributed by atoms with E-state index in [-0.39, 0.29) is 0 Å². The molecule has 0 aliphatic carbocycles. The highest BCUT2D eigenvalue weighted by Gasteiger charge is 2.20. The number of aromatic nitrogens is 3. The van der Waals surface area contributed by atoms with Gasteiger partial charge in [0.2, 0.25) is 0 Å². The molecule has 0 N–H and O–H groups in total. The molecule has 2 aromatic rings. The Morgan fingerprint density at radius 3 is 3.00 bits per heavy atom. The van der Waals surface area contributed by atoms with Crippen LogP contribution in [0.25, 0.3) is 0 Å². The normalized spacial score (nSPS) is 15.6. The van der Waals surface area contributed by atoms with Gasteiger partial charge in [0.15, 0.2) is 0 Å². The highest BCUT2D eigenvalue weighted by molar-refractivity contribution is 9.10. The van der Waals surface area contributed by atoms with Crippen molar-refractivity contribution in [2.75, 3.05) is 6.54 Å². The predicted octanol–water partition coefficient (Wildman–Crippen LogP) is 3.18. The molecule has 0 bridgehead atoms. The van der Waals surface area contributed by atoms with Crippen LogP contribution in [0.2, 0.25) is 0 Å². The van der Waals surface area contributed by atoms with Crippen molar-refractivity contribution in [3.8, 4) is 0 Å². The zero-order chi connectivity index (χ0) is 14.1. The molecule has 1 aliphatic rings. The van der Waals surface area contributed by atoms with Gasteiger partial charge in [-0.2, -0.15) is 5.10 Å². The lowest BCUT2D eigenvalue weighted by Gasteiger charge is -2.29. The average molecular weight is 335 g/mol. The average Bonchev–Trinajstić information content (AvgIpc) is 2.88. The number of halogens is 1. The first-order valence-corrected chi connectivity index (χ1v) is 7.81. The monoisotopic (exact) mass is 334 g/mol. The Balaban J connectivity index is 1.77. The quantitative estimate of drug-likeness (QED) is 0.864. The Morgan fingerprint density at radius 1 is 1.35 bits per heavy atom. The van der Waals surface area contributed by atoms with E-state index in [9.17, 15) is 0 Å². The Hall–Kier alpha value is -1.20. The second-order valence-electron chi connectivity index (χ2n) is 5.55. The molecule has 0 saturated carbocycles. The van der Waals surface area contributed by atoms with Crippen molar-refractivity contribution in [2.45, 2.75) is 39.4 Å². The summed E-state index contributed by atoms with van der Waals surface area (Å²) in [5.74, 6) is 1.05. The van der Waals surface area contributed by atoms with Crippen LogP contribution in [-0.2, 0) is 19.5 Å². The standard InChI is InChI=1S/C15H19BrN4/c1-11(2)20-15(17-10-18-20)9-19-7-6-12-4-3-5-14(16)13(12)8-19/h3-5,10-11H,6-9H2,1-2H3. The largest absolute Gasteiger partial charge is 0.291 e. The van der Waals surface area contributed by atoms with Crippen LogP contribution in [0.15, 0.2) is 29.0 Å². The molecule has 0 spiro atoms. The maximum atomic E-state index is 4.41. The van der Waals surface area contributed by atoms with Crippen LogP contribution < -0.4 is 0 Å². The molecule has 20 heavy (non-hydrogen) atoms. The SMILES string of the molecule is CC(C)n1ncnc1CN1CCc2cccc(Br)c2C1. The third-order valence-corrected chi connectivity index (χ3v) is 4.54. The van der Waals surface area contributed by atoms with Gasteiger partial charge in [-0.15, -0.1) is 0 Å². The Kier molecular flexibility index (Phi) is 3.89. The van der Waals surface area contributed by atoms with Gasteiger partial charge < -0.3 is 0 Å². The molecule has 0 radical (unpaired) electrons. The first kappa shape index (κ1) is 13.8. The second-order valence-corrected chi connectivity index (χ2v) is 6.41. The molecule has 106 valence electrons. The number of benzene rings is 1. The lowest BCUT2D eigenvalue weighted by Crippen LogP contribution is -2.31. The summed E-state index contributed by atoms with van der Waals surface area (Å²) in [5.41, 5.74) is 2.87. The minimum Gasteiger partial charge on any atom is -0.291 e. The van der Waals surface area contributed by atoms with Gasteiger partial charge >= 0.3 is 0 Å². The summed E-state index contributed by atoms with van der Waals surface area (Å²) in [5, 5.41) is 4.31. The highest BCUT2D eigenvalue weighted by Crippen LogP contribution is 2.27. The molecule has 0 saturated heterocycles. The number of nitrogens with zero attached hydrogens (tertiary/aromatic N) is 4. The van der Waals surface area contributed by atoms with Gasteiger partial charge in [0, 0.05) is 23.6 Å². The maximum absolute atomic E-state index is 4.41. The van der Waals surface area contributed by atoms with Crippen molar-refractivity contribution in [3.63, 3.8) is 0 Å². The molecule has 0 unspecified atom stereocenters. The molecule has 4 nitrogen and oxygen atoms in total. The van der Waals surface area contributed by atoms with Crippen molar-refractivity contribution in [2.24, 2.45) is 0 Å². The highest BCUT2D eigenvalue weighted by atomic mass is 79.9. The van der Waals surface area contributed by atoms with E-state index in [1.807, 2.05) is 4.68 Å². The van der Waals surface area contributed by atoms with E-state index in [2.05, 4.69) is 63.0 Å². The number of hydrogen-bond acceptors (Lipinski definition) is 3. The minimum atomic E-state index is 0.358. The fourth-order valence-electron chi connectivity index (χ4n) is 2.75. The van der Waals surface area contributed by atoms with Gasteiger partial charge in [-0.25, -0.2) is 9.67 Å². The maximum Gasteiger partial charge on any atom is 0.141 e. The third kappa shape index (κ3) is 2.65. The molecule has 2 heterocycles. The zero-order valence-corrected chi connectivity index (χ0v) is 13.5. The van der Waals surface area contributed by atoms with Crippen molar-refractivity contribution in [3.05, 3.63) is 46.0 Å². The van der Waals surface area contributed by atoms with E-state index in [0.29, 0.717) is 6.04 Å². The van der Waals surface area contributed by atoms with E-state index in [4.69, 9.17) is 0 Å². The van der Waals surface area contributed by atoms with Crippen LogP contribution in [0, 0.1) is 0 Å². The van der Waals surface area contributed by atoms with Gasteiger partial charge in [-0.1, -0.05) is 28.1 Å². The molecule has 1 aliphatic heterocycles. The predicted molar refractivity (Wildman–Crippen MR) is 82.4 cm³/mol. The molecular formula is C15H19BrN4. The first-order valence-electron chi connectivity index (χ1n) is 7.02. The van der Waals surface area contributed by atoms with Gasteiger partial charge in [0.1, 0.15) is 12.2 Å². The summed E-state index contributed by atoms with van der Waals surface area (Å²) in [6.45, 7) is 7.19. The molecule has 0 amide bonds. The van der Waals surface area contributed by atoms with Gasteiger partial charge in [-0.05, 0) is 37.5 Å². The molecule has 3 rings (SSSR count). The molecule has 0 atom stereocenters. The topological polar surface area (TPSA) is 34.0 Å². The fraction of sp³-hybridized carbons (Fsp3) is 0.467. The van der Waals surface area contributed by atoms with Crippen LogP contribution in [0.5, 0.6) is 0 Å². The van der Waals surface area contributed by atoms with Crippen LogP contribution in [0.4, 0.5) is 0 Å². The lowest BCUT2D eigenvalue weighted by molar-refractivity contribution is 0.232. The van der Waals surface area contributed by atoms with Crippen LogP contribution in [-0.4, -0.2) is 26.2 Å². The summed E-state index contributed by atoms with van der Waals surface area (Å²) in [6, 6.07) is 6.83. The minimum absolute atomic E-state index is 0.358. The van der Waals surface area contributed by atoms with Gasteiger partial charge in [-0.3, -0.25) is 4.90 Å². The number of fused-ring (bicyclic) bond motifs is 1. The van der Waals surface area contributed by atoms with Crippen LogP contribution in [0.3, 0.4) is 0 Å². The fourth-order valence-corrected chi connectivity index (χ4v) is 3.28. The van der Waals surface area contributed by atoms with Crippen molar-refractivity contribution in [1.29, 1.82) is 0 Å².